The Bertz CT molecular complexity index is 1150. The number of halogens is 1. The largest absolute Gasteiger partial charge is 0.356 e. The van der Waals surface area contributed by atoms with Gasteiger partial charge >= 0.3 is 0 Å². The summed E-state index contributed by atoms with van der Waals surface area (Å²) in [5.41, 5.74) is 2.44. The molecule has 1 aromatic carbocycles. The zero-order valence-corrected chi connectivity index (χ0v) is 18.7. The summed E-state index contributed by atoms with van der Waals surface area (Å²) < 4.78 is 18.7. The van der Waals surface area contributed by atoms with Gasteiger partial charge in [-0.25, -0.2) is 4.39 Å². The van der Waals surface area contributed by atoms with Gasteiger partial charge in [0.25, 0.3) is 5.91 Å². The molecule has 0 saturated carbocycles. The van der Waals surface area contributed by atoms with Crippen molar-refractivity contribution in [1.29, 1.82) is 0 Å². The number of carbonyl (C=O) groups excluding carboxylic acids is 2. The Morgan fingerprint density at radius 3 is 2.97 bits per heavy atom. The fraction of sp³-hybridized carbons (Fsp3) is 0.458. The first-order valence-electron chi connectivity index (χ1n) is 11.3. The Morgan fingerprint density at radius 2 is 2.12 bits per heavy atom. The minimum atomic E-state index is -0.314. The molecule has 2 aliphatic rings. The number of benzene rings is 1. The predicted octanol–water partition coefficient (Wildman–Crippen LogP) is 4.55. The average molecular weight is 456 g/mol. The minimum absolute atomic E-state index is 0.0468. The van der Waals surface area contributed by atoms with E-state index in [0.29, 0.717) is 34.2 Å². The number of thiophene rings is 1. The number of rotatable bonds is 6. The van der Waals surface area contributed by atoms with Crippen molar-refractivity contribution in [3.05, 3.63) is 51.1 Å². The zero-order chi connectivity index (χ0) is 22.1. The van der Waals surface area contributed by atoms with Crippen molar-refractivity contribution in [3.8, 4) is 0 Å². The minimum Gasteiger partial charge on any atom is -0.356 e. The highest BCUT2D eigenvalue weighted by Gasteiger charge is 2.25. The maximum atomic E-state index is 13.4. The standard InChI is InChI=1S/C24H26FN3O3S/c25-17-5-6-18-20(14-17)31-27-22(18)15-7-11-28(12-8-15)10-2-4-19(29)21-13-16-3-1-9-26-24(30)23(16)32-21/h5-6,13-15H,1-4,7-12H2,(H,26,30). The second-order valence-electron chi connectivity index (χ2n) is 8.68. The molecule has 5 rings (SSSR count). The van der Waals surface area contributed by atoms with E-state index in [9.17, 15) is 14.0 Å². The number of aromatic nitrogens is 1. The number of amides is 1. The number of carbonyl (C=O) groups is 2. The van der Waals surface area contributed by atoms with Crippen LogP contribution in [0.15, 0.2) is 28.8 Å². The summed E-state index contributed by atoms with van der Waals surface area (Å²) in [6.07, 6.45) is 5.02. The highest BCUT2D eigenvalue weighted by molar-refractivity contribution is 7.16. The van der Waals surface area contributed by atoms with Crippen LogP contribution < -0.4 is 5.32 Å². The summed E-state index contributed by atoms with van der Waals surface area (Å²) in [5, 5.41) is 8.00. The number of piperidine rings is 1. The highest BCUT2D eigenvalue weighted by Crippen LogP contribution is 2.33. The third-order valence-corrected chi connectivity index (χ3v) is 7.73. The normalized spacial score (nSPS) is 17.8. The van der Waals surface area contributed by atoms with Crippen LogP contribution in [0.2, 0.25) is 0 Å². The summed E-state index contributed by atoms with van der Waals surface area (Å²) >= 11 is 1.34. The summed E-state index contributed by atoms with van der Waals surface area (Å²) in [4.78, 5) is 28.6. The van der Waals surface area contributed by atoms with Gasteiger partial charge in [-0.2, -0.15) is 0 Å². The average Bonchev–Trinajstić information content (AvgIpc) is 3.37. The van der Waals surface area contributed by atoms with E-state index < -0.39 is 0 Å². The van der Waals surface area contributed by atoms with Crippen LogP contribution in [0.4, 0.5) is 4.39 Å². The SMILES string of the molecule is O=C(CCCN1CCC(c2noc3cc(F)ccc23)CC1)c1cc2c(s1)C(=O)NCCC2. The van der Waals surface area contributed by atoms with E-state index in [0.717, 1.165) is 68.4 Å². The Labute approximate surface area is 189 Å². The van der Waals surface area contributed by atoms with E-state index in [4.69, 9.17) is 4.52 Å². The Morgan fingerprint density at radius 1 is 1.28 bits per heavy atom. The van der Waals surface area contributed by atoms with E-state index in [1.54, 1.807) is 6.07 Å². The molecular formula is C24H26FN3O3S. The number of fused-ring (bicyclic) bond motifs is 2. The number of hydrogen-bond donors (Lipinski definition) is 1. The Kier molecular flexibility index (Phi) is 6.06. The molecule has 3 aromatic rings. The zero-order valence-electron chi connectivity index (χ0n) is 17.9. The molecule has 0 spiro atoms. The first-order valence-corrected chi connectivity index (χ1v) is 12.1. The molecule has 168 valence electrons. The maximum absolute atomic E-state index is 13.4. The van der Waals surface area contributed by atoms with Gasteiger partial charge in [0.15, 0.2) is 11.4 Å². The van der Waals surface area contributed by atoms with Crippen LogP contribution in [0.3, 0.4) is 0 Å². The van der Waals surface area contributed by atoms with E-state index >= 15 is 0 Å². The van der Waals surface area contributed by atoms with Crippen LogP contribution in [-0.2, 0) is 6.42 Å². The van der Waals surface area contributed by atoms with Crippen molar-refractivity contribution in [1.82, 2.24) is 15.4 Å². The predicted molar refractivity (Wildman–Crippen MR) is 121 cm³/mol. The number of nitrogens with one attached hydrogen (secondary N) is 1. The van der Waals surface area contributed by atoms with Crippen molar-refractivity contribution < 1.29 is 18.5 Å². The smallest absolute Gasteiger partial charge is 0.261 e. The summed E-state index contributed by atoms with van der Waals surface area (Å²) in [6.45, 7) is 3.48. The van der Waals surface area contributed by atoms with Crippen LogP contribution in [0, 0.1) is 5.82 Å². The van der Waals surface area contributed by atoms with Gasteiger partial charge in [0.2, 0.25) is 0 Å². The van der Waals surface area contributed by atoms with Crippen molar-refractivity contribution in [2.24, 2.45) is 0 Å². The molecule has 0 radical (unpaired) electrons. The first-order chi connectivity index (χ1) is 15.6. The molecule has 8 heteroatoms. The van der Waals surface area contributed by atoms with Crippen molar-refractivity contribution in [3.63, 3.8) is 0 Å². The van der Waals surface area contributed by atoms with Crippen LogP contribution in [0.25, 0.3) is 11.0 Å². The van der Waals surface area contributed by atoms with E-state index in [1.165, 1.54) is 23.5 Å². The van der Waals surface area contributed by atoms with Gasteiger partial charge in [-0.05, 0) is 75.5 Å². The molecule has 32 heavy (non-hydrogen) atoms. The molecular weight excluding hydrogens is 429 g/mol. The van der Waals surface area contributed by atoms with Crippen LogP contribution in [0.5, 0.6) is 0 Å². The fourth-order valence-corrected chi connectivity index (χ4v) is 5.84. The summed E-state index contributed by atoms with van der Waals surface area (Å²) in [5.74, 6) is 0.0832. The molecule has 0 atom stereocenters. The van der Waals surface area contributed by atoms with Gasteiger partial charge in [-0.3, -0.25) is 9.59 Å². The number of aryl methyl sites for hydroxylation is 1. The molecule has 0 aliphatic carbocycles. The molecule has 1 amide bonds. The van der Waals surface area contributed by atoms with Gasteiger partial charge < -0.3 is 14.7 Å². The molecule has 0 unspecified atom stereocenters. The molecule has 6 nitrogen and oxygen atoms in total. The van der Waals surface area contributed by atoms with Crippen LogP contribution in [0.1, 0.15) is 68.6 Å². The quantitative estimate of drug-likeness (QED) is 0.552. The Balaban J connectivity index is 1.11. The highest BCUT2D eigenvalue weighted by atomic mass is 32.1. The van der Waals surface area contributed by atoms with Crippen molar-refractivity contribution in [2.75, 3.05) is 26.2 Å². The van der Waals surface area contributed by atoms with E-state index in [2.05, 4.69) is 15.4 Å². The lowest BCUT2D eigenvalue weighted by atomic mass is 9.91. The topological polar surface area (TPSA) is 75.4 Å². The van der Waals surface area contributed by atoms with Gasteiger partial charge in [0.05, 0.1) is 15.4 Å². The summed E-state index contributed by atoms with van der Waals surface area (Å²) in [6, 6.07) is 6.51. The van der Waals surface area contributed by atoms with Crippen LogP contribution in [-0.4, -0.2) is 47.9 Å². The number of nitrogens with zero attached hydrogens (tertiary/aromatic N) is 2. The Hall–Kier alpha value is -2.58. The molecule has 4 heterocycles. The third kappa shape index (κ3) is 4.34. The van der Waals surface area contributed by atoms with Crippen LogP contribution >= 0.6 is 11.3 Å². The molecule has 0 bridgehead atoms. The third-order valence-electron chi connectivity index (χ3n) is 6.51. The molecule has 1 saturated heterocycles. The number of hydrogen-bond acceptors (Lipinski definition) is 6. The fourth-order valence-electron chi connectivity index (χ4n) is 4.75. The second kappa shape index (κ2) is 9.11. The molecule has 2 aliphatic heterocycles. The lowest BCUT2D eigenvalue weighted by Gasteiger charge is -2.31. The number of ketones is 1. The maximum Gasteiger partial charge on any atom is 0.261 e. The van der Waals surface area contributed by atoms with Gasteiger partial charge in [0, 0.05) is 30.3 Å². The number of Topliss-reactive ketones (excluding diaryl/α,β-unsaturated/α-hetero) is 1. The van der Waals surface area contributed by atoms with Gasteiger partial charge in [-0.15, -0.1) is 11.3 Å². The number of likely N-dealkylation sites (tertiary alicyclic amines) is 1. The monoisotopic (exact) mass is 455 g/mol. The molecule has 2 aromatic heterocycles. The van der Waals surface area contributed by atoms with Gasteiger partial charge in [0.1, 0.15) is 5.82 Å². The summed E-state index contributed by atoms with van der Waals surface area (Å²) in [7, 11) is 0. The molecule has 1 fully saturated rings. The van der Waals surface area contributed by atoms with Crippen molar-refractivity contribution in [2.45, 2.75) is 44.4 Å². The van der Waals surface area contributed by atoms with E-state index in [-0.39, 0.29) is 17.5 Å². The van der Waals surface area contributed by atoms with Crippen molar-refractivity contribution >= 4 is 34.0 Å². The lowest BCUT2D eigenvalue weighted by molar-refractivity contribution is 0.0957. The second-order valence-corrected chi connectivity index (χ2v) is 9.73. The van der Waals surface area contributed by atoms with E-state index in [1.807, 2.05) is 6.07 Å². The lowest BCUT2D eigenvalue weighted by Crippen LogP contribution is -2.34. The first kappa shape index (κ1) is 21.3. The van der Waals surface area contributed by atoms with Gasteiger partial charge in [-0.1, -0.05) is 5.16 Å². The molecule has 1 N–H and O–H groups in total.